The zero-order valence-electron chi connectivity index (χ0n) is 10.8. The molecule has 1 heterocycles. The van der Waals surface area contributed by atoms with Crippen LogP contribution >= 0.6 is 0 Å². The molecule has 0 aliphatic rings. The number of nitrogens with one attached hydrogen (secondary N) is 1. The van der Waals surface area contributed by atoms with Crippen molar-refractivity contribution in [2.75, 3.05) is 11.1 Å². The van der Waals surface area contributed by atoms with Crippen LogP contribution in [-0.4, -0.2) is 20.7 Å². The minimum absolute atomic E-state index is 0.116. The number of carbonyl (C=O) groups is 1. The Kier molecular flexibility index (Phi) is 3.37. The monoisotopic (exact) mass is 260 g/mol. The van der Waals surface area contributed by atoms with E-state index in [2.05, 4.69) is 15.5 Å². The zero-order chi connectivity index (χ0) is 14.0. The molecule has 0 saturated carbocycles. The molecule has 1 aromatic carbocycles. The number of hydrogen-bond donors (Lipinski definition) is 3. The summed E-state index contributed by atoms with van der Waals surface area (Å²) >= 11 is 0. The Bertz CT molecular complexity index is 606. The van der Waals surface area contributed by atoms with Gasteiger partial charge < -0.3 is 21.4 Å². The molecule has 1 unspecified atom stereocenters. The number of carbonyl (C=O) groups excluding carboxylic acids is 1. The summed E-state index contributed by atoms with van der Waals surface area (Å²) in [5.74, 6) is 0.229. The number of rotatable bonds is 4. The van der Waals surface area contributed by atoms with Crippen LogP contribution in [-0.2, 0) is 7.05 Å². The first-order valence-electron chi connectivity index (χ1n) is 5.79. The first kappa shape index (κ1) is 12.9. The van der Waals surface area contributed by atoms with Gasteiger partial charge in [0, 0.05) is 18.4 Å². The van der Waals surface area contributed by atoms with E-state index < -0.39 is 5.91 Å². The highest BCUT2D eigenvalue weighted by molar-refractivity contribution is 5.99. The first-order chi connectivity index (χ1) is 8.99. The summed E-state index contributed by atoms with van der Waals surface area (Å²) in [5, 5.41) is 11.0. The van der Waals surface area contributed by atoms with Gasteiger partial charge in [0.1, 0.15) is 6.33 Å². The van der Waals surface area contributed by atoms with Crippen molar-refractivity contribution in [1.82, 2.24) is 14.8 Å². The number of benzene rings is 1. The number of anilines is 2. The Hall–Kier alpha value is -2.57. The van der Waals surface area contributed by atoms with Gasteiger partial charge in [0.05, 0.1) is 11.6 Å². The fourth-order valence-electron chi connectivity index (χ4n) is 1.87. The Morgan fingerprint density at radius 3 is 2.79 bits per heavy atom. The molecule has 2 aromatic rings. The van der Waals surface area contributed by atoms with Crippen LogP contribution in [0.4, 0.5) is 11.4 Å². The summed E-state index contributed by atoms with van der Waals surface area (Å²) < 4.78 is 1.80. The van der Waals surface area contributed by atoms with E-state index in [0.717, 1.165) is 5.82 Å². The minimum atomic E-state index is -0.528. The number of hydrogen-bond acceptors (Lipinski definition) is 5. The summed E-state index contributed by atoms with van der Waals surface area (Å²) in [7, 11) is 1.85. The molecule has 0 saturated heterocycles. The number of nitrogens with two attached hydrogens (primary N) is 2. The number of amides is 1. The average molecular weight is 260 g/mol. The van der Waals surface area contributed by atoms with E-state index in [0.29, 0.717) is 16.9 Å². The van der Waals surface area contributed by atoms with Crippen LogP contribution < -0.4 is 16.8 Å². The molecule has 7 nitrogen and oxygen atoms in total. The lowest BCUT2D eigenvalue weighted by molar-refractivity contribution is 0.100. The Morgan fingerprint density at radius 1 is 1.47 bits per heavy atom. The molecule has 1 atom stereocenters. The second-order valence-corrected chi connectivity index (χ2v) is 4.34. The summed E-state index contributed by atoms with van der Waals surface area (Å²) in [4.78, 5) is 11.4. The molecule has 1 amide bonds. The van der Waals surface area contributed by atoms with Crippen molar-refractivity contribution in [2.45, 2.75) is 13.0 Å². The lowest BCUT2D eigenvalue weighted by Gasteiger charge is -2.16. The summed E-state index contributed by atoms with van der Waals surface area (Å²) in [6.07, 6.45) is 1.62. The smallest absolute Gasteiger partial charge is 0.250 e. The van der Waals surface area contributed by atoms with Crippen LogP contribution in [0.15, 0.2) is 24.5 Å². The van der Waals surface area contributed by atoms with Crippen molar-refractivity contribution in [3.63, 3.8) is 0 Å². The third kappa shape index (κ3) is 2.65. The number of nitrogens with zero attached hydrogens (tertiary/aromatic N) is 3. The Morgan fingerprint density at radius 2 is 2.21 bits per heavy atom. The van der Waals surface area contributed by atoms with E-state index in [4.69, 9.17) is 11.5 Å². The highest BCUT2D eigenvalue weighted by Crippen LogP contribution is 2.23. The fourth-order valence-corrected chi connectivity index (χ4v) is 1.87. The molecule has 0 aliphatic heterocycles. The normalized spacial score (nSPS) is 12.1. The maximum atomic E-state index is 11.4. The maximum Gasteiger partial charge on any atom is 0.250 e. The molecule has 19 heavy (non-hydrogen) atoms. The van der Waals surface area contributed by atoms with Crippen molar-refractivity contribution in [2.24, 2.45) is 12.8 Å². The van der Waals surface area contributed by atoms with Crippen molar-refractivity contribution in [3.05, 3.63) is 35.9 Å². The van der Waals surface area contributed by atoms with Gasteiger partial charge in [-0.3, -0.25) is 4.79 Å². The highest BCUT2D eigenvalue weighted by atomic mass is 16.1. The topological polar surface area (TPSA) is 112 Å². The van der Waals surface area contributed by atoms with Crippen molar-refractivity contribution >= 4 is 17.3 Å². The molecular weight excluding hydrogens is 244 g/mol. The quantitative estimate of drug-likeness (QED) is 0.699. The van der Waals surface area contributed by atoms with E-state index in [9.17, 15) is 4.79 Å². The molecule has 0 fully saturated rings. The van der Waals surface area contributed by atoms with Crippen molar-refractivity contribution in [1.29, 1.82) is 0 Å². The van der Waals surface area contributed by atoms with Gasteiger partial charge in [0.2, 0.25) is 0 Å². The van der Waals surface area contributed by atoms with Gasteiger partial charge in [-0.2, -0.15) is 0 Å². The average Bonchev–Trinajstić information content (AvgIpc) is 2.77. The Balaban J connectivity index is 2.29. The molecule has 5 N–H and O–H groups in total. The van der Waals surface area contributed by atoms with Gasteiger partial charge in [-0.1, -0.05) is 0 Å². The third-order valence-electron chi connectivity index (χ3n) is 2.81. The molecule has 0 bridgehead atoms. The molecule has 0 aliphatic carbocycles. The molecule has 0 radical (unpaired) electrons. The van der Waals surface area contributed by atoms with Gasteiger partial charge in [0.25, 0.3) is 5.91 Å². The lowest BCUT2D eigenvalue weighted by atomic mass is 10.1. The third-order valence-corrected chi connectivity index (χ3v) is 2.81. The number of primary amides is 1. The lowest BCUT2D eigenvalue weighted by Crippen LogP contribution is -2.18. The van der Waals surface area contributed by atoms with Gasteiger partial charge in [-0.05, 0) is 25.1 Å². The van der Waals surface area contributed by atoms with Crippen molar-refractivity contribution < 1.29 is 4.79 Å². The number of aromatic nitrogens is 3. The summed E-state index contributed by atoms with van der Waals surface area (Å²) in [6, 6.07) is 4.86. The highest BCUT2D eigenvalue weighted by Gasteiger charge is 2.15. The zero-order valence-corrected chi connectivity index (χ0v) is 10.8. The molecule has 1 aromatic heterocycles. The Labute approximate surface area is 110 Å². The van der Waals surface area contributed by atoms with Crippen LogP contribution in [0, 0.1) is 0 Å². The number of aryl methyl sites for hydroxylation is 1. The predicted molar refractivity (Wildman–Crippen MR) is 72.4 cm³/mol. The van der Waals surface area contributed by atoms with E-state index in [1.165, 1.54) is 0 Å². The maximum absolute atomic E-state index is 11.4. The van der Waals surface area contributed by atoms with E-state index in [1.54, 1.807) is 29.1 Å². The van der Waals surface area contributed by atoms with E-state index in [-0.39, 0.29) is 6.04 Å². The van der Waals surface area contributed by atoms with Gasteiger partial charge in [-0.15, -0.1) is 10.2 Å². The molecule has 7 heteroatoms. The van der Waals surface area contributed by atoms with Crippen molar-refractivity contribution in [3.8, 4) is 0 Å². The number of nitrogen functional groups attached to an aromatic ring is 1. The van der Waals surface area contributed by atoms with Crippen LogP contribution in [0.1, 0.15) is 29.1 Å². The molecule has 2 rings (SSSR count). The molecule has 0 spiro atoms. The van der Waals surface area contributed by atoms with Crippen LogP contribution in [0.3, 0.4) is 0 Å². The minimum Gasteiger partial charge on any atom is -0.399 e. The van der Waals surface area contributed by atoms with Gasteiger partial charge in [0.15, 0.2) is 5.82 Å². The molecule has 100 valence electrons. The van der Waals surface area contributed by atoms with Crippen LogP contribution in [0.25, 0.3) is 0 Å². The second-order valence-electron chi connectivity index (χ2n) is 4.34. The first-order valence-corrected chi connectivity index (χ1v) is 5.79. The van der Waals surface area contributed by atoms with Crippen LogP contribution in [0.5, 0.6) is 0 Å². The standard InChI is InChI=1S/C12H16N6O/c1-7(12-17-15-6-18(12)2)16-10-4-3-8(13)5-9(10)11(14)19/h3-7,16H,13H2,1-2H3,(H2,14,19). The van der Waals surface area contributed by atoms with Gasteiger partial charge >= 0.3 is 0 Å². The van der Waals surface area contributed by atoms with Crippen LogP contribution in [0.2, 0.25) is 0 Å². The fraction of sp³-hybridized carbons (Fsp3) is 0.250. The summed E-state index contributed by atoms with van der Waals surface area (Å²) in [6.45, 7) is 1.92. The molecular formula is C12H16N6O. The van der Waals surface area contributed by atoms with E-state index >= 15 is 0 Å². The largest absolute Gasteiger partial charge is 0.399 e. The SMILES string of the molecule is CC(Nc1ccc(N)cc1C(N)=O)c1nncn1C. The van der Waals surface area contributed by atoms with E-state index in [1.807, 2.05) is 14.0 Å². The van der Waals surface area contributed by atoms with Gasteiger partial charge in [-0.25, -0.2) is 0 Å². The predicted octanol–water partition coefficient (Wildman–Crippen LogP) is 0.669. The summed E-state index contributed by atoms with van der Waals surface area (Å²) in [5.41, 5.74) is 12.5. The second kappa shape index (κ2) is 4.97.